The van der Waals surface area contributed by atoms with Crippen molar-refractivity contribution in [3.05, 3.63) is 109 Å². The van der Waals surface area contributed by atoms with E-state index in [9.17, 15) is 10.2 Å². The fourth-order valence-corrected chi connectivity index (χ4v) is 4.54. The van der Waals surface area contributed by atoms with Crippen LogP contribution in [0.4, 0.5) is 0 Å². The van der Waals surface area contributed by atoms with Crippen LogP contribution in [-0.4, -0.2) is 30.1 Å². The molecule has 0 saturated carbocycles. The third-order valence-corrected chi connectivity index (χ3v) is 7.20. The molecule has 2 N–H and O–H groups in total. The normalized spacial score (nSPS) is 11.8. The number of aromatic hydroxyl groups is 2. The quantitative estimate of drug-likeness (QED) is 0.198. The van der Waals surface area contributed by atoms with Gasteiger partial charge in [-0.2, -0.15) is 0 Å². The third kappa shape index (κ3) is 6.23. The molecule has 0 aliphatic heterocycles. The highest BCUT2D eigenvalue weighted by Gasteiger charge is 2.17. The van der Waals surface area contributed by atoms with E-state index in [-0.39, 0.29) is 22.3 Å². The van der Waals surface area contributed by atoms with Crippen LogP contribution >= 0.6 is 0 Å². The Kier molecular flexibility index (Phi) is 7.65. The van der Waals surface area contributed by atoms with Gasteiger partial charge in [0.2, 0.25) is 0 Å². The number of aromatic nitrogens is 4. The summed E-state index contributed by atoms with van der Waals surface area (Å²) >= 11 is 0. The molecule has 5 rings (SSSR count). The van der Waals surface area contributed by atoms with Crippen LogP contribution in [-0.2, 0) is 10.8 Å². The van der Waals surface area contributed by atoms with Crippen molar-refractivity contribution < 1.29 is 10.2 Å². The van der Waals surface area contributed by atoms with Gasteiger partial charge in [-0.3, -0.25) is 19.9 Å². The Labute approximate surface area is 246 Å². The smallest absolute Gasteiger partial charge is 0.133 e. The van der Waals surface area contributed by atoms with Gasteiger partial charge >= 0.3 is 0 Å². The van der Waals surface area contributed by atoms with E-state index in [1.165, 1.54) is 0 Å². The van der Waals surface area contributed by atoms with Gasteiger partial charge in [0.1, 0.15) is 11.5 Å². The molecular formula is C36H36N4O2. The average Bonchev–Trinajstić information content (AvgIpc) is 2.94. The molecule has 0 unspecified atom stereocenters. The summed E-state index contributed by atoms with van der Waals surface area (Å²) in [6.07, 6.45) is 6.64. The molecule has 0 aliphatic rings. The van der Waals surface area contributed by atoms with E-state index in [1.807, 2.05) is 72.8 Å². The minimum Gasteiger partial charge on any atom is -0.507 e. The Bertz CT molecular complexity index is 1720. The van der Waals surface area contributed by atoms with Gasteiger partial charge in [0.15, 0.2) is 0 Å². The number of phenols is 2. The fraction of sp³-hybridized carbons (Fsp3) is 0.222. The molecule has 0 amide bonds. The molecule has 0 aliphatic carbocycles. The predicted octanol–water partition coefficient (Wildman–Crippen LogP) is 8.70. The van der Waals surface area contributed by atoms with Crippen LogP contribution in [0.2, 0.25) is 0 Å². The van der Waals surface area contributed by atoms with Crippen molar-refractivity contribution >= 4 is 43.6 Å². The van der Waals surface area contributed by atoms with Gasteiger partial charge < -0.3 is 10.2 Å². The molecule has 42 heavy (non-hydrogen) atoms. The molecule has 4 aromatic carbocycles. The Balaban J connectivity index is 1.98. The molecule has 4 bridgehead atoms. The van der Waals surface area contributed by atoms with Crippen LogP contribution in [0.5, 0.6) is 11.5 Å². The maximum Gasteiger partial charge on any atom is 0.133 e. The zero-order valence-electron chi connectivity index (χ0n) is 24.9. The summed E-state index contributed by atoms with van der Waals surface area (Å²) in [7, 11) is 0. The monoisotopic (exact) mass is 556 g/mol. The molecule has 1 heterocycles. The number of para-hydroxylation sites is 4. The molecule has 6 heteroatoms. The van der Waals surface area contributed by atoms with Gasteiger partial charge in [0.05, 0.1) is 22.1 Å². The van der Waals surface area contributed by atoms with Crippen molar-refractivity contribution in [1.29, 1.82) is 0 Å². The van der Waals surface area contributed by atoms with Crippen molar-refractivity contribution in [2.24, 2.45) is 0 Å². The van der Waals surface area contributed by atoms with Crippen molar-refractivity contribution in [2.75, 3.05) is 0 Å². The molecule has 0 atom stereocenters. The molecule has 0 radical (unpaired) electrons. The first-order valence-electron chi connectivity index (χ1n) is 14.0. The van der Waals surface area contributed by atoms with Crippen molar-refractivity contribution in [3.63, 3.8) is 0 Å². The van der Waals surface area contributed by atoms with Crippen molar-refractivity contribution in [1.82, 2.24) is 19.9 Å². The molecular weight excluding hydrogens is 520 g/mol. The van der Waals surface area contributed by atoms with Gasteiger partial charge in [0.25, 0.3) is 0 Å². The maximum atomic E-state index is 11.3. The lowest BCUT2D eigenvalue weighted by Crippen LogP contribution is -2.10. The van der Waals surface area contributed by atoms with Gasteiger partial charge in [-0.05, 0) is 70.5 Å². The van der Waals surface area contributed by atoms with E-state index in [2.05, 4.69) is 41.5 Å². The van der Waals surface area contributed by atoms with Gasteiger partial charge in [-0.15, -0.1) is 0 Å². The molecule has 0 saturated heterocycles. The maximum absolute atomic E-state index is 11.3. The highest BCUT2D eigenvalue weighted by Crippen LogP contribution is 2.33. The number of benzene rings is 4. The topological polar surface area (TPSA) is 92.0 Å². The summed E-state index contributed by atoms with van der Waals surface area (Å²) < 4.78 is 0. The first-order chi connectivity index (χ1) is 19.9. The number of hydrogen-bond acceptors (Lipinski definition) is 6. The van der Waals surface area contributed by atoms with Crippen LogP contribution in [0.1, 0.15) is 52.7 Å². The van der Waals surface area contributed by atoms with E-state index >= 15 is 0 Å². The number of hydrogen-bond donors (Lipinski definition) is 2. The zero-order chi connectivity index (χ0) is 30.1. The van der Waals surface area contributed by atoms with Crippen molar-refractivity contribution in [3.8, 4) is 11.5 Å². The third-order valence-electron chi connectivity index (χ3n) is 7.20. The summed E-state index contributed by atoms with van der Waals surface area (Å²) in [5.41, 5.74) is 4.28. The lowest BCUT2D eigenvalue weighted by molar-refractivity contribution is 0.485. The Morgan fingerprint density at radius 1 is 0.429 bits per heavy atom. The second kappa shape index (κ2) is 11.2. The molecule has 212 valence electrons. The molecule has 6 nitrogen and oxygen atoms in total. The molecule has 0 fully saturated rings. The van der Waals surface area contributed by atoms with Crippen LogP contribution in [0.25, 0.3) is 43.6 Å². The summed E-state index contributed by atoms with van der Waals surface area (Å²) in [5, 5.41) is 24.8. The summed E-state index contributed by atoms with van der Waals surface area (Å²) in [5.74, 6) is 0.182. The summed E-state index contributed by atoms with van der Waals surface area (Å²) in [6, 6.07) is 22.9. The van der Waals surface area contributed by atoms with Crippen LogP contribution in [0, 0.1) is 0 Å². The minimum atomic E-state index is -0.166. The number of nitrogens with zero attached hydrogens (tertiary/aromatic N) is 4. The van der Waals surface area contributed by atoms with Gasteiger partial charge in [0, 0.05) is 46.3 Å². The Morgan fingerprint density at radius 3 is 0.881 bits per heavy atom. The number of rotatable bonds is 0. The highest BCUT2D eigenvalue weighted by molar-refractivity contribution is 5.84. The van der Waals surface area contributed by atoms with E-state index in [4.69, 9.17) is 19.9 Å². The fourth-order valence-electron chi connectivity index (χ4n) is 4.54. The summed E-state index contributed by atoms with van der Waals surface area (Å²) in [4.78, 5) is 18.9. The van der Waals surface area contributed by atoms with E-state index in [1.54, 1.807) is 24.8 Å². The Morgan fingerprint density at radius 2 is 0.667 bits per heavy atom. The summed E-state index contributed by atoms with van der Waals surface area (Å²) in [6.45, 7) is 12.8. The van der Waals surface area contributed by atoms with Crippen LogP contribution in [0.15, 0.2) is 97.6 Å². The second-order valence-corrected chi connectivity index (χ2v) is 12.5. The van der Waals surface area contributed by atoms with Gasteiger partial charge in [-0.25, -0.2) is 0 Å². The first kappa shape index (κ1) is 28.7. The average molecular weight is 557 g/mol. The largest absolute Gasteiger partial charge is 0.507 e. The number of fused-ring (bicyclic) bond motifs is 6. The minimum absolute atomic E-state index is 0.0909. The molecule has 5 aromatic rings. The predicted molar refractivity (Wildman–Crippen MR) is 172 cm³/mol. The van der Waals surface area contributed by atoms with Crippen molar-refractivity contribution in [2.45, 2.75) is 52.4 Å². The van der Waals surface area contributed by atoms with E-state index < -0.39 is 0 Å². The SMILES string of the molecule is CC(C)(C)c1cc2cnc3ccccc3ncc3cc(C(C)(C)C)cc(cnc4ccccc4ncc(c1)c2O)c3O. The molecule has 1 aromatic heterocycles. The Hall–Kier alpha value is -4.84. The van der Waals surface area contributed by atoms with E-state index in [0.717, 1.165) is 11.1 Å². The lowest BCUT2D eigenvalue weighted by atomic mass is 9.86. The lowest BCUT2D eigenvalue weighted by Gasteiger charge is -2.19. The standard InChI is InChI=1S/C36H36N4O2/c1-35(2,3)27-15-23-19-37-29-11-7-9-13-31(29)39-21-25-17-28(36(4,5)6)18-26(34(25)42)22-40-32-14-10-8-12-30(32)38-20-24(16-27)33(23)41/h7-22,41-42H,1-6H3. The molecule has 0 spiro atoms. The zero-order valence-corrected chi connectivity index (χ0v) is 24.9. The highest BCUT2D eigenvalue weighted by atomic mass is 16.3. The van der Waals surface area contributed by atoms with E-state index in [0.29, 0.717) is 43.6 Å². The number of phenolic OH excluding ortho intramolecular Hbond substituents is 2. The second-order valence-electron chi connectivity index (χ2n) is 12.5. The van der Waals surface area contributed by atoms with Gasteiger partial charge in [-0.1, -0.05) is 65.8 Å². The van der Waals surface area contributed by atoms with Crippen LogP contribution in [0.3, 0.4) is 0 Å². The van der Waals surface area contributed by atoms with Crippen LogP contribution < -0.4 is 0 Å². The first-order valence-corrected chi connectivity index (χ1v) is 14.0.